The van der Waals surface area contributed by atoms with Crippen LogP contribution in [0.1, 0.15) is 12.8 Å². The van der Waals surface area contributed by atoms with Crippen molar-refractivity contribution in [2.24, 2.45) is 0 Å². The molecule has 0 saturated carbocycles. The van der Waals surface area contributed by atoms with Gasteiger partial charge in [0.15, 0.2) is 5.82 Å². The first kappa shape index (κ1) is 15.0. The van der Waals surface area contributed by atoms with Gasteiger partial charge in [0.25, 0.3) is 0 Å². The highest BCUT2D eigenvalue weighted by molar-refractivity contribution is 7.89. The van der Waals surface area contributed by atoms with E-state index < -0.39 is 26.9 Å². The fourth-order valence-electron chi connectivity index (χ4n) is 2.14. The maximum Gasteiger partial charge on any atom is 0.244 e. The van der Waals surface area contributed by atoms with Crippen molar-refractivity contribution in [1.82, 2.24) is 4.31 Å². The van der Waals surface area contributed by atoms with E-state index in [1.54, 1.807) is 0 Å². The van der Waals surface area contributed by atoms with Gasteiger partial charge >= 0.3 is 0 Å². The highest BCUT2D eigenvalue weighted by atomic mass is 35.5. The lowest BCUT2D eigenvalue weighted by molar-refractivity contribution is 0.213. The van der Waals surface area contributed by atoms with Crippen LogP contribution in [0.4, 0.5) is 4.39 Å². The lowest BCUT2D eigenvalue weighted by atomic mass is 10.2. The molecule has 1 aromatic rings. The number of hydrogen-bond acceptors (Lipinski definition) is 3. The zero-order chi connectivity index (χ0) is 14.2. The second-order valence-electron chi connectivity index (χ2n) is 4.27. The Bertz CT molecular complexity index is 594. The SMILES string of the molecule is O=S(=O)(c1ccc(Cl)c(F)c1Cl)N1CCC[C@@H]1CO. The third-order valence-corrected chi connectivity index (χ3v) is 5.89. The molecule has 0 unspecified atom stereocenters. The molecular formula is C11H12Cl2FNO3S. The Morgan fingerprint density at radius 1 is 1.42 bits per heavy atom. The molecule has 1 aromatic carbocycles. The summed E-state index contributed by atoms with van der Waals surface area (Å²) in [5, 5.41) is 8.43. The molecule has 0 amide bonds. The zero-order valence-corrected chi connectivity index (χ0v) is 12.1. The standard InChI is InChI=1S/C11H12Cl2FNO3S/c12-8-3-4-9(10(13)11(8)14)19(17,18)15-5-1-2-7(15)6-16/h3-4,7,16H,1-2,5-6H2/t7-/m1/s1. The number of benzene rings is 1. The summed E-state index contributed by atoms with van der Waals surface area (Å²) < 4.78 is 39.6. The Morgan fingerprint density at radius 3 is 2.74 bits per heavy atom. The molecule has 0 radical (unpaired) electrons. The van der Waals surface area contributed by atoms with E-state index in [4.69, 9.17) is 23.2 Å². The molecule has 8 heteroatoms. The fraction of sp³-hybridized carbons (Fsp3) is 0.455. The molecule has 1 fully saturated rings. The van der Waals surface area contributed by atoms with E-state index in [1.165, 1.54) is 6.07 Å². The second-order valence-corrected chi connectivity index (χ2v) is 6.91. The molecule has 2 rings (SSSR count). The van der Waals surface area contributed by atoms with Gasteiger partial charge in [0.1, 0.15) is 4.90 Å². The number of sulfonamides is 1. The molecule has 1 N–H and O–H groups in total. The quantitative estimate of drug-likeness (QED) is 0.866. The van der Waals surface area contributed by atoms with Crippen molar-refractivity contribution in [3.05, 3.63) is 28.0 Å². The van der Waals surface area contributed by atoms with E-state index in [0.717, 1.165) is 10.4 Å². The Labute approximate surface area is 120 Å². The monoisotopic (exact) mass is 327 g/mol. The smallest absolute Gasteiger partial charge is 0.244 e. The van der Waals surface area contributed by atoms with Crippen molar-refractivity contribution >= 4 is 33.2 Å². The molecule has 1 atom stereocenters. The number of aliphatic hydroxyl groups is 1. The number of nitrogens with zero attached hydrogens (tertiary/aromatic N) is 1. The minimum atomic E-state index is -3.93. The summed E-state index contributed by atoms with van der Waals surface area (Å²) >= 11 is 11.3. The van der Waals surface area contributed by atoms with Gasteiger partial charge in [0.2, 0.25) is 10.0 Å². The van der Waals surface area contributed by atoms with Crippen LogP contribution in [0.5, 0.6) is 0 Å². The molecule has 1 saturated heterocycles. The predicted octanol–water partition coefficient (Wildman–Crippen LogP) is 2.28. The zero-order valence-electron chi connectivity index (χ0n) is 9.81. The summed E-state index contributed by atoms with van der Waals surface area (Å²) in [5.41, 5.74) is 0. The summed E-state index contributed by atoms with van der Waals surface area (Å²) in [7, 11) is -3.93. The van der Waals surface area contributed by atoms with E-state index in [2.05, 4.69) is 0 Å². The summed E-state index contributed by atoms with van der Waals surface area (Å²) in [6.45, 7) is 0.0149. The number of aliphatic hydroxyl groups excluding tert-OH is 1. The Balaban J connectivity index is 2.48. The highest BCUT2D eigenvalue weighted by Crippen LogP contribution is 2.33. The normalized spacial score (nSPS) is 20.9. The first-order chi connectivity index (χ1) is 8.89. The van der Waals surface area contributed by atoms with Crippen LogP contribution in [0.25, 0.3) is 0 Å². The molecule has 0 spiro atoms. The van der Waals surface area contributed by atoms with Crippen molar-refractivity contribution in [1.29, 1.82) is 0 Å². The molecule has 19 heavy (non-hydrogen) atoms. The molecular weight excluding hydrogens is 316 g/mol. The van der Waals surface area contributed by atoms with Crippen LogP contribution in [-0.4, -0.2) is 37.0 Å². The highest BCUT2D eigenvalue weighted by Gasteiger charge is 2.36. The molecule has 1 aliphatic rings. The number of rotatable bonds is 3. The van der Waals surface area contributed by atoms with E-state index in [-0.39, 0.29) is 23.1 Å². The van der Waals surface area contributed by atoms with E-state index >= 15 is 0 Å². The maximum atomic E-state index is 13.6. The molecule has 0 aliphatic carbocycles. The second kappa shape index (κ2) is 5.54. The molecule has 1 aliphatic heterocycles. The third-order valence-electron chi connectivity index (χ3n) is 3.12. The maximum absolute atomic E-state index is 13.6. The number of halogens is 3. The molecule has 0 aromatic heterocycles. The van der Waals surface area contributed by atoms with Crippen molar-refractivity contribution in [2.75, 3.05) is 13.2 Å². The average Bonchev–Trinajstić information content (AvgIpc) is 2.84. The molecule has 106 valence electrons. The van der Waals surface area contributed by atoms with E-state index in [1.807, 2.05) is 0 Å². The summed E-state index contributed by atoms with van der Waals surface area (Å²) in [5.74, 6) is -0.954. The van der Waals surface area contributed by atoms with Crippen molar-refractivity contribution < 1.29 is 17.9 Å². The lowest BCUT2D eigenvalue weighted by Gasteiger charge is -2.23. The third kappa shape index (κ3) is 2.60. The van der Waals surface area contributed by atoms with Crippen molar-refractivity contribution in [3.63, 3.8) is 0 Å². The fourth-order valence-corrected chi connectivity index (χ4v) is 4.55. The van der Waals surface area contributed by atoms with Crippen LogP contribution in [0.15, 0.2) is 17.0 Å². The predicted molar refractivity (Wildman–Crippen MR) is 70.4 cm³/mol. The van der Waals surface area contributed by atoms with Gasteiger partial charge in [0.05, 0.1) is 16.7 Å². The molecule has 4 nitrogen and oxygen atoms in total. The summed E-state index contributed by atoms with van der Waals surface area (Å²) in [6, 6.07) is 1.84. The van der Waals surface area contributed by atoms with E-state index in [9.17, 15) is 17.9 Å². The Morgan fingerprint density at radius 2 is 2.11 bits per heavy atom. The van der Waals surface area contributed by atoms with Crippen LogP contribution >= 0.6 is 23.2 Å². The number of hydrogen-bond donors (Lipinski definition) is 1. The van der Waals surface area contributed by atoms with E-state index in [0.29, 0.717) is 12.8 Å². The van der Waals surface area contributed by atoms with Crippen LogP contribution in [0.2, 0.25) is 10.0 Å². The van der Waals surface area contributed by atoms with Crippen LogP contribution in [0.3, 0.4) is 0 Å². The first-order valence-corrected chi connectivity index (χ1v) is 7.85. The Hall–Kier alpha value is -0.400. The van der Waals surface area contributed by atoms with Gasteiger partial charge in [-0.05, 0) is 25.0 Å². The largest absolute Gasteiger partial charge is 0.395 e. The van der Waals surface area contributed by atoms with Gasteiger partial charge in [-0.25, -0.2) is 12.8 Å². The summed E-state index contributed by atoms with van der Waals surface area (Å²) in [4.78, 5) is -0.323. The summed E-state index contributed by atoms with van der Waals surface area (Å²) in [6.07, 6.45) is 1.22. The van der Waals surface area contributed by atoms with Gasteiger partial charge in [-0.15, -0.1) is 0 Å². The van der Waals surface area contributed by atoms with Crippen molar-refractivity contribution in [2.45, 2.75) is 23.8 Å². The van der Waals surface area contributed by atoms with Gasteiger partial charge in [-0.1, -0.05) is 23.2 Å². The molecule has 1 heterocycles. The van der Waals surface area contributed by atoms with Crippen LogP contribution < -0.4 is 0 Å². The van der Waals surface area contributed by atoms with Crippen LogP contribution in [0, 0.1) is 5.82 Å². The van der Waals surface area contributed by atoms with Gasteiger partial charge in [-0.3, -0.25) is 0 Å². The Kier molecular flexibility index (Phi) is 4.37. The van der Waals surface area contributed by atoms with Crippen molar-refractivity contribution in [3.8, 4) is 0 Å². The van der Waals surface area contributed by atoms with Gasteiger partial charge in [-0.2, -0.15) is 4.31 Å². The first-order valence-electron chi connectivity index (χ1n) is 5.65. The minimum Gasteiger partial charge on any atom is -0.395 e. The topological polar surface area (TPSA) is 57.6 Å². The average molecular weight is 328 g/mol. The van der Waals surface area contributed by atoms with Crippen LogP contribution in [-0.2, 0) is 10.0 Å². The minimum absolute atomic E-state index is 0.232. The van der Waals surface area contributed by atoms with Gasteiger partial charge in [0, 0.05) is 12.6 Å². The lowest BCUT2D eigenvalue weighted by Crippen LogP contribution is -2.37. The van der Waals surface area contributed by atoms with Gasteiger partial charge < -0.3 is 5.11 Å². The molecule has 0 bridgehead atoms.